The predicted octanol–water partition coefficient (Wildman–Crippen LogP) is 2.28. The Kier molecular flexibility index (Phi) is 3.00. The summed E-state index contributed by atoms with van der Waals surface area (Å²) in [4.78, 5) is 3.66. The van der Waals surface area contributed by atoms with Crippen molar-refractivity contribution in [2.45, 2.75) is 19.4 Å². The van der Waals surface area contributed by atoms with Gasteiger partial charge >= 0.3 is 0 Å². The highest BCUT2D eigenvalue weighted by Crippen LogP contribution is 2.21. The molecule has 1 aromatic rings. The van der Waals surface area contributed by atoms with Crippen molar-refractivity contribution in [3.05, 3.63) is 28.8 Å². The smallest absolute Gasteiger partial charge is 0.141 e. The molecule has 0 bridgehead atoms. The summed E-state index contributed by atoms with van der Waals surface area (Å²) >= 11 is 5.71. The van der Waals surface area contributed by atoms with Crippen LogP contribution in [0.25, 0.3) is 0 Å². The highest BCUT2D eigenvalue weighted by atomic mass is 35.5. The highest BCUT2D eigenvalue weighted by Gasteiger charge is 2.09. The van der Waals surface area contributed by atoms with Gasteiger partial charge in [0, 0.05) is 11.6 Å². The van der Waals surface area contributed by atoms with Gasteiger partial charge in [0.2, 0.25) is 0 Å². The number of hydrogen-bond donors (Lipinski definition) is 1. The molecule has 1 rings (SSSR count). The Morgan fingerprint density at radius 3 is 3.00 bits per heavy atom. The van der Waals surface area contributed by atoms with E-state index in [0.717, 1.165) is 6.20 Å². The zero-order valence-electron chi connectivity index (χ0n) is 6.72. The van der Waals surface area contributed by atoms with E-state index in [1.807, 2.05) is 6.92 Å². The van der Waals surface area contributed by atoms with Crippen molar-refractivity contribution in [1.29, 1.82) is 0 Å². The molecule has 0 aromatic carbocycles. The van der Waals surface area contributed by atoms with Gasteiger partial charge in [-0.3, -0.25) is 0 Å². The maximum atomic E-state index is 12.7. The first kappa shape index (κ1) is 9.42. The molecule has 0 amide bonds. The molecule has 66 valence electrons. The van der Waals surface area contributed by atoms with Crippen LogP contribution in [0.2, 0.25) is 5.15 Å². The van der Waals surface area contributed by atoms with Gasteiger partial charge in [-0.05, 0) is 12.5 Å². The number of nitrogens with two attached hydrogens (primary N) is 1. The van der Waals surface area contributed by atoms with Crippen LogP contribution in [0.15, 0.2) is 12.3 Å². The van der Waals surface area contributed by atoms with Crippen LogP contribution < -0.4 is 5.73 Å². The Morgan fingerprint density at radius 2 is 2.42 bits per heavy atom. The third kappa shape index (κ3) is 1.93. The van der Waals surface area contributed by atoms with E-state index >= 15 is 0 Å². The maximum absolute atomic E-state index is 12.7. The summed E-state index contributed by atoms with van der Waals surface area (Å²) in [5, 5.41) is 0.283. The minimum atomic E-state index is -0.404. The molecule has 0 fully saturated rings. The molecular weight excluding hydrogens is 179 g/mol. The third-order valence-electron chi connectivity index (χ3n) is 1.67. The van der Waals surface area contributed by atoms with E-state index in [1.54, 1.807) is 0 Å². The molecule has 2 N–H and O–H groups in total. The predicted molar refractivity (Wildman–Crippen MR) is 46.4 cm³/mol. The van der Waals surface area contributed by atoms with Crippen molar-refractivity contribution in [3.63, 3.8) is 0 Å². The minimum absolute atomic E-state index is 0.235. The number of pyridine rings is 1. The molecule has 0 aliphatic carbocycles. The number of aromatic nitrogens is 1. The summed E-state index contributed by atoms with van der Waals surface area (Å²) in [6.45, 7) is 1.91. The summed E-state index contributed by atoms with van der Waals surface area (Å²) in [5.74, 6) is -0.404. The minimum Gasteiger partial charge on any atom is -0.324 e. The second-order valence-electron chi connectivity index (χ2n) is 2.55. The molecule has 0 spiro atoms. The van der Waals surface area contributed by atoms with Crippen LogP contribution in [-0.4, -0.2) is 4.98 Å². The van der Waals surface area contributed by atoms with Crippen LogP contribution in [0, 0.1) is 5.82 Å². The van der Waals surface area contributed by atoms with Gasteiger partial charge in [-0.15, -0.1) is 0 Å². The van der Waals surface area contributed by atoms with Gasteiger partial charge in [-0.1, -0.05) is 18.5 Å². The van der Waals surface area contributed by atoms with E-state index in [1.165, 1.54) is 6.07 Å². The van der Waals surface area contributed by atoms with Crippen LogP contribution in [0.3, 0.4) is 0 Å². The molecule has 4 heteroatoms. The summed E-state index contributed by atoms with van der Waals surface area (Å²) in [6.07, 6.45) is 1.79. The zero-order chi connectivity index (χ0) is 9.14. The lowest BCUT2D eigenvalue weighted by Gasteiger charge is -2.09. The number of rotatable bonds is 2. The maximum Gasteiger partial charge on any atom is 0.141 e. The van der Waals surface area contributed by atoms with Gasteiger partial charge in [0.25, 0.3) is 0 Å². The average Bonchev–Trinajstić information content (AvgIpc) is 2.08. The van der Waals surface area contributed by atoms with Crippen LogP contribution >= 0.6 is 11.6 Å². The standard InChI is InChI=1S/C8H10ClFN2/c1-2-7(11)6-3-5(10)4-12-8(6)9/h3-4,7H,2,11H2,1H3. The fourth-order valence-corrected chi connectivity index (χ4v) is 1.16. The van der Waals surface area contributed by atoms with E-state index in [4.69, 9.17) is 17.3 Å². The average molecular weight is 189 g/mol. The normalized spacial score (nSPS) is 13.0. The zero-order valence-corrected chi connectivity index (χ0v) is 7.48. The summed E-state index contributed by atoms with van der Waals surface area (Å²) < 4.78 is 12.7. The molecule has 2 nitrogen and oxygen atoms in total. The fourth-order valence-electron chi connectivity index (χ4n) is 0.918. The Hall–Kier alpha value is -0.670. The van der Waals surface area contributed by atoms with Crippen molar-refractivity contribution < 1.29 is 4.39 Å². The molecular formula is C8H10ClFN2. The van der Waals surface area contributed by atoms with Gasteiger partial charge in [0.15, 0.2) is 0 Å². The van der Waals surface area contributed by atoms with Crippen molar-refractivity contribution in [2.75, 3.05) is 0 Å². The summed E-state index contributed by atoms with van der Waals surface area (Å²) in [6, 6.07) is 1.09. The molecule has 1 atom stereocenters. The van der Waals surface area contributed by atoms with E-state index in [-0.39, 0.29) is 11.2 Å². The first-order valence-corrected chi connectivity index (χ1v) is 4.09. The molecule has 1 unspecified atom stereocenters. The first-order valence-electron chi connectivity index (χ1n) is 3.71. The molecule has 1 aromatic heterocycles. The van der Waals surface area contributed by atoms with E-state index in [0.29, 0.717) is 12.0 Å². The van der Waals surface area contributed by atoms with Crippen LogP contribution in [0.5, 0.6) is 0 Å². The molecule has 12 heavy (non-hydrogen) atoms. The Labute approximate surface area is 75.6 Å². The summed E-state index contributed by atoms with van der Waals surface area (Å²) in [5.41, 5.74) is 6.24. The molecule has 0 saturated heterocycles. The topological polar surface area (TPSA) is 38.9 Å². The number of hydrogen-bond acceptors (Lipinski definition) is 2. The molecule has 0 aliphatic heterocycles. The van der Waals surface area contributed by atoms with Gasteiger partial charge in [-0.25, -0.2) is 9.37 Å². The Morgan fingerprint density at radius 1 is 1.75 bits per heavy atom. The van der Waals surface area contributed by atoms with Crippen molar-refractivity contribution in [3.8, 4) is 0 Å². The third-order valence-corrected chi connectivity index (χ3v) is 1.99. The van der Waals surface area contributed by atoms with Crippen LogP contribution in [0.1, 0.15) is 24.9 Å². The van der Waals surface area contributed by atoms with E-state index < -0.39 is 5.82 Å². The Balaban J connectivity index is 3.04. The molecule has 1 heterocycles. The lowest BCUT2D eigenvalue weighted by Crippen LogP contribution is -2.10. The van der Waals surface area contributed by atoms with Gasteiger partial charge in [0.1, 0.15) is 11.0 Å². The molecule has 0 radical (unpaired) electrons. The summed E-state index contributed by atoms with van der Waals surface area (Å²) in [7, 11) is 0. The quantitative estimate of drug-likeness (QED) is 0.724. The van der Waals surface area contributed by atoms with Gasteiger partial charge < -0.3 is 5.73 Å². The largest absolute Gasteiger partial charge is 0.324 e. The Bertz CT molecular complexity index is 278. The fraction of sp³-hybridized carbons (Fsp3) is 0.375. The van der Waals surface area contributed by atoms with Crippen LogP contribution in [-0.2, 0) is 0 Å². The van der Waals surface area contributed by atoms with Gasteiger partial charge in [0.05, 0.1) is 6.20 Å². The van der Waals surface area contributed by atoms with Crippen molar-refractivity contribution in [2.24, 2.45) is 5.73 Å². The lowest BCUT2D eigenvalue weighted by atomic mass is 10.1. The van der Waals surface area contributed by atoms with Crippen molar-refractivity contribution in [1.82, 2.24) is 4.98 Å². The second-order valence-corrected chi connectivity index (χ2v) is 2.91. The van der Waals surface area contributed by atoms with Gasteiger partial charge in [-0.2, -0.15) is 0 Å². The van der Waals surface area contributed by atoms with Crippen LogP contribution in [0.4, 0.5) is 4.39 Å². The lowest BCUT2D eigenvalue weighted by molar-refractivity contribution is 0.608. The van der Waals surface area contributed by atoms with E-state index in [9.17, 15) is 4.39 Å². The number of halogens is 2. The first-order chi connectivity index (χ1) is 5.65. The number of nitrogens with zero attached hydrogens (tertiary/aromatic N) is 1. The van der Waals surface area contributed by atoms with E-state index in [2.05, 4.69) is 4.98 Å². The highest BCUT2D eigenvalue weighted by molar-refractivity contribution is 6.30. The molecule has 0 aliphatic rings. The SMILES string of the molecule is CCC(N)c1cc(F)cnc1Cl. The van der Waals surface area contributed by atoms with Crippen molar-refractivity contribution >= 4 is 11.6 Å². The monoisotopic (exact) mass is 188 g/mol. The molecule has 0 saturated carbocycles. The second kappa shape index (κ2) is 3.83.